The number of carbonyl (C=O) groups excluding carboxylic acids is 1. The summed E-state index contributed by atoms with van der Waals surface area (Å²) in [6.45, 7) is 6.75. The van der Waals surface area contributed by atoms with Crippen LogP contribution in [0.5, 0.6) is 11.5 Å². The Bertz CT molecular complexity index is 797. The van der Waals surface area contributed by atoms with E-state index in [1.165, 1.54) is 12.3 Å². The number of rotatable bonds is 7. The molecule has 0 unspecified atom stereocenters. The summed E-state index contributed by atoms with van der Waals surface area (Å²) in [7, 11) is 0. The summed E-state index contributed by atoms with van der Waals surface area (Å²) in [5.74, 6) is 0.148. The van der Waals surface area contributed by atoms with Gasteiger partial charge in [0.05, 0.1) is 25.0 Å². The standard InChI is InChI=1S/C19H24F2N2O4/c1-6-25-13-8-14(17(24)27-19(3,4)5)16(15(9-13)26-7-2)12-10-22-23(11-12)18(20)21/h8-11,18H,6-7H2,1-5H3. The van der Waals surface area contributed by atoms with Gasteiger partial charge >= 0.3 is 12.5 Å². The van der Waals surface area contributed by atoms with Crippen LogP contribution in [0.25, 0.3) is 11.1 Å². The van der Waals surface area contributed by atoms with Gasteiger partial charge in [0, 0.05) is 23.4 Å². The molecule has 1 heterocycles. The Morgan fingerprint density at radius 2 is 1.85 bits per heavy atom. The van der Waals surface area contributed by atoms with Crippen LogP contribution in [0.15, 0.2) is 24.5 Å². The summed E-state index contributed by atoms with van der Waals surface area (Å²) >= 11 is 0. The van der Waals surface area contributed by atoms with Crippen LogP contribution in [0.3, 0.4) is 0 Å². The molecule has 0 saturated heterocycles. The summed E-state index contributed by atoms with van der Waals surface area (Å²) in [6, 6.07) is 3.14. The van der Waals surface area contributed by atoms with E-state index in [2.05, 4.69) is 5.10 Å². The molecule has 1 aromatic heterocycles. The van der Waals surface area contributed by atoms with Crippen molar-refractivity contribution in [2.75, 3.05) is 13.2 Å². The molecule has 0 spiro atoms. The van der Waals surface area contributed by atoms with Gasteiger partial charge in [0.25, 0.3) is 0 Å². The molecule has 148 valence electrons. The molecule has 6 nitrogen and oxygen atoms in total. The van der Waals surface area contributed by atoms with E-state index in [1.807, 2.05) is 6.92 Å². The first-order valence-electron chi connectivity index (χ1n) is 8.66. The largest absolute Gasteiger partial charge is 0.494 e. The maximum atomic E-state index is 12.9. The number of hydrogen-bond donors (Lipinski definition) is 0. The van der Waals surface area contributed by atoms with Crippen LogP contribution in [0.4, 0.5) is 8.78 Å². The molecule has 0 aliphatic carbocycles. The van der Waals surface area contributed by atoms with Crippen LogP contribution >= 0.6 is 0 Å². The number of alkyl halides is 2. The Morgan fingerprint density at radius 1 is 1.19 bits per heavy atom. The first-order valence-corrected chi connectivity index (χ1v) is 8.66. The highest BCUT2D eigenvalue weighted by molar-refractivity contribution is 5.99. The lowest BCUT2D eigenvalue weighted by Gasteiger charge is -2.22. The highest BCUT2D eigenvalue weighted by Crippen LogP contribution is 2.38. The molecule has 0 atom stereocenters. The summed E-state index contributed by atoms with van der Waals surface area (Å²) in [4.78, 5) is 12.8. The molecule has 0 saturated carbocycles. The van der Waals surface area contributed by atoms with Gasteiger partial charge < -0.3 is 14.2 Å². The van der Waals surface area contributed by atoms with Crippen molar-refractivity contribution in [3.05, 3.63) is 30.1 Å². The van der Waals surface area contributed by atoms with Gasteiger partial charge in [0.2, 0.25) is 0 Å². The first-order chi connectivity index (χ1) is 12.7. The molecular weight excluding hydrogens is 358 g/mol. The molecular formula is C19H24F2N2O4. The summed E-state index contributed by atoms with van der Waals surface area (Å²) in [5, 5.41) is 3.65. The van der Waals surface area contributed by atoms with E-state index in [0.29, 0.717) is 40.5 Å². The molecule has 0 radical (unpaired) electrons. The predicted octanol–water partition coefficient (Wildman–Crippen LogP) is 4.70. The van der Waals surface area contributed by atoms with E-state index in [4.69, 9.17) is 14.2 Å². The number of aromatic nitrogens is 2. The smallest absolute Gasteiger partial charge is 0.339 e. The van der Waals surface area contributed by atoms with E-state index in [-0.39, 0.29) is 5.56 Å². The number of halogens is 2. The van der Waals surface area contributed by atoms with E-state index < -0.39 is 18.1 Å². The van der Waals surface area contributed by atoms with Crippen molar-refractivity contribution < 1.29 is 27.8 Å². The van der Waals surface area contributed by atoms with Crippen molar-refractivity contribution in [1.29, 1.82) is 0 Å². The quantitative estimate of drug-likeness (QED) is 0.650. The molecule has 8 heteroatoms. The fourth-order valence-corrected chi connectivity index (χ4v) is 2.48. The first kappa shape index (κ1) is 20.7. The van der Waals surface area contributed by atoms with Crippen molar-refractivity contribution in [3.63, 3.8) is 0 Å². The second-order valence-electron chi connectivity index (χ2n) is 6.70. The van der Waals surface area contributed by atoms with E-state index in [1.54, 1.807) is 33.8 Å². The number of hydrogen-bond acceptors (Lipinski definition) is 5. The molecule has 2 aromatic rings. The summed E-state index contributed by atoms with van der Waals surface area (Å²) in [6.07, 6.45) is 2.43. The minimum Gasteiger partial charge on any atom is -0.494 e. The topological polar surface area (TPSA) is 62.6 Å². The van der Waals surface area contributed by atoms with Crippen molar-refractivity contribution >= 4 is 5.97 Å². The average Bonchev–Trinajstić information content (AvgIpc) is 3.03. The monoisotopic (exact) mass is 382 g/mol. The minimum absolute atomic E-state index is 0.160. The third kappa shape index (κ3) is 5.18. The normalized spacial score (nSPS) is 11.6. The fourth-order valence-electron chi connectivity index (χ4n) is 2.48. The van der Waals surface area contributed by atoms with E-state index in [9.17, 15) is 13.6 Å². The highest BCUT2D eigenvalue weighted by atomic mass is 19.3. The van der Waals surface area contributed by atoms with Crippen LogP contribution in [-0.2, 0) is 4.74 Å². The third-order valence-corrected chi connectivity index (χ3v) is 3.40. The molecule has 0 N–H and O–H groups in total. The second kappa shape index (κ2) is 8.37. The molecule has 0 aliphatic heterocycles. The van der Waals surface area contributed by atoms with Crippen LogP contribution in [0.2, 0.25) is 0 Å². The lowest BCUT2D eigenvalue weighted by atomic mass is 10.00. The highest BCUT2D eigenvalue weighted by Gasteiger charge is 2.26. The predicted molar refractivity (Wildman–Crippen MR) is 96.4 cm³/mol. The third-order valence-electron chi connectivity index (χ3n) is 3.40. The number of nitrogens with zero attached hydrogens (tertiary/aromatic N) is 2. The van der Waals surface area contributed by atoms with E-state index in [0.717, 1.165) is 6.20 Å². The van der Waals surface area contributed by atoms with Gasteiger partial charge in [-0.05, 0) is 40.7 Å². The number of carbonyl (C=O) groups is 1. The van der Waals surface area contributed by atoms with Crippen molar-refractivity contribution in [2.45, 2.75) is 46.8 Å². The Kier molecular flexibility index (Phi) is 6.41. The second-order valence-corrected chi connectivity index (χ2v) is 6.70. The van der Waals surface area contributed by atoms with Gasteiger partial charge in [-0.15, -0.1) is 0 Å². The van der Waals surface area contributed by atoms with Crippen LogP contribution in [0.1, 0.15) is 51.5 Å². The molecule has 2 rings (SSSR count). The molecule has 0 amide bonds. The van der Waals surface area contributed by atoms with Gasteiger partial charge in [-0.25, -0.2) is 9.48 Å². The Hall–Kier alpha value is -2.64. The summed E-state index contributed by atoms with van der Waals surface area (Å²) in [5.41, 5.74) is 0.0896. The Labute approximate surface area is 157 Å². The average molecular weight is 382 g/mol. The molecule has 27 heavy (non-hydrogen) atoms. The van der Waals surface area contributed by atoms with Crippen LogP contribution in [0, 0.1) is 0 Å². The lowest BCUT2D eigenvalue weighted by Crippen LogP contribution is -2.24. The van der Waals surface area contributed by atoms with Gasteiger partial charge in [0.15, 0.2) is 0 Å². The SMILES string of the molecule is CCOc1cc(OCC)c(-c2cnn(C(F)F)c2)c(C(=O)OC(C)(C)C)c1. The van der Waals surface area contributed by atoms with Gasteiger partial charge in [-0.3, -0.25) is 0 Å². The van der Waals surface area contributed by atoms with E-state index >= 15 is 0 Å². The van der Waals surface area contributed by atoms with Gasteiger partial charge in [-0.1, -0.05) is 0 Å². The van der Waals surface area contributed by atoms with Crippen molar-refractivity contribution in [2.24, 2.45) is 0 Å². The number of ether oxygens (including phenoxy) is 3. The van der Waals surface area contributed by atoms with Crippen LogP contribution < -0.4 is 9.47 Å². The zero-order valence-electron chi connectivity index (χ0n) is 16.1. The molecule has 0 fully saturated rings. The summed E-state index contributed by atoms with van der Waals surface area (Å²) < 4.78 is 43.1. The maximum Gasteiger partial charge on any atom is 0.339 e. The Balaban J connectivity index is 2.66. The molecule has 0 aliphatic rings. The molecule has 0 bridgehead atoms. The molecule has 1 aromatic carbocycles. The maximum absolute atomic E-state index is 12.9. The minimum atomic E-state index is -2.79. The zero-order valence-corrected chi connectivity index (χ0v) is 16.1. The van der Waals surface area contributed by atoms with Crippen molar-refractivity contribution in [3.8, 4) is 22.6 Å². The Morgan fingerprint density at radius 3 is 2.37 bits per heavy atom. The fraction of sp³-hybridized carbons (Fsp3) is 0.474. The zero-order chi connectivity index (χ0) is 20.2. The number of benzene rings is 1. The lowest BCUT2D eigenvalue weighted by molar-refractivity contribution is 0.00695. The van der Waals surface area contributed by atoms with Gasteiger partial charge in [-0.2, -0.15) is 13.9 Å². The van der Waals surface area contributed by atoms with Gasteiger partial charge in [0.1, 0.15) is 17.1 Å². The number of esters is 1. The van der Waals surface area contributed by atoms with Crippen molar-refractivity contribution in [1.82, 2.24) is 9.78 Å². The van der Waals surface area contributed by atoms with Crippen LogP contribution in [-0.4, -0.2) is 34.6 Å².